The number of nitrogens with two attached hydrogens (primary N) is 1. The topological polar surface area (TPSA) is 117 Å². The zero-order valence-corrected chi connectivity index (χ0v) is 17.0. The molecule has 0 bridgehead atoms. The number of esters is 3. The molecule has 0 saturated heterocycles. The summed E-state index contributed by atoms with van der Waals surface area (Å²) in [5.41, 5.74) is 4.87. The SMILES string of the molecule is CC1=C(C(=O)OC(C)C)C2(C(=O)O1)C(C(=O)OC(C)C)=C(N)Nc1ccccc12. The number of cyclic esters (lactones) is 1. The molecule has 0 aliphatic carbocycles. The van der Waals surface area contributed by atoms with Crippen LogP contribution in [-0.4, -0.2) is 30.1 Å². The highest BCUT2D eigenvalue weighted by atomic mass is 16.6. The van der Waals surface area contributed by atoms with Gasteiger partial charge in [0.2, 0.25) is 0 Å². The van der Waals surface area contributed by atoms with Crippen molar-refractivity contribution in [1.29, 1.82) is 0 Å². The molecule has 3 N–H and O–H groups in total. The Morgan fingerprint density at radius 2 is 1.59 bits per heavy atom. The lowest BCUT2D eigenvalue weighted by atomic mass is 9.67. The molecule has 8 nitrogen and oxygen atoms in total. The van der Waals surface area contributed by atoms with E-state index in [1.54, 1.807) is 52.0 Å². The van der Waals surface area contributed by atoms with Gasteiger partial charge in [-0.2, -0.15) is 0 Å². The van der Waals surface area contributed by atoms with Gasteiger partial charge in [-0.05, 0) is 40.7 Å². The lowest BCUT2D eigenvalue weighted by molar-refractivity contribution is -0.149. The Kier molecular flexibility index (Phi) is 5.13. The van der Waals surface area contributed by atoms with Gasteiger partial charge in [0.25, 0.3) is 0 Å². The van der Waals surface area contributed by atoms with Gasteiger partial charge < -0.3 is 25.3 Å². The third-order valence-corrected chi connectivity index (χ3v) is 4.62. The standard InChI is InChI=1S/C21H24N2O6/c1-10(2)27-18(24)15-12(5)29-20(26)21(15)13-8-6-7-9-14(13)23-17(22)16(21)19(25)28-11(3)4/h6-11,23H,22H2,1-5H3. The van der Waals surface area contributed by atoms with E-state index in [2.05, 4.69) is 5.32 Å². The molecule has 0 aromatic heterocycles. The second-order valence-electron chi connectivity index (χ2n) is 7.44. The number of carbonyl (C=O) groups is 3. The molecule has 154 valence electrons. The van der Waals surface area contributed by atoms with E-state index in [-0.39, 0.29) is 22.7 Å². The molecule has 29 heavy (non-hydrogen) atoms. The van der Waals surface area contributed by atoms with Crippen molar-refractivity contribution in [2.24, 2.45) is 5.73 Å². The Balaban J connectivity index is 2.34. The number of hydrogen-bond acceptors (Lipinski definition) is 8. The zero-order valence-electron chi connectivity index (χ0n) is 17.0. The molecule has 0 saturated carbocycles. The van der Waals surface area contributed by atoms with Crippen LogP contribution in [0.15, 0.2) is 47.0 Å². The number of fused-ring (bicyclic) bond motifs is 2. The number of benzene rings is 1. The lowest BCUT2D eigenvalue weighted by Gasteiger charge is -2.36. The van der Waals surface area contributed by atoms with Gasteiger partial charge >= 0.3 is 17.9 Å². The average molecular weight is 400 g/mol. The van der Waals surface area contributed by atoms with E-state index >= 15 is 0 Å². The van der Waals surface area contributed by atoms with Gasteiger partial charge in [0.15, 0.2) is 5.41 Å². The molecule has 0 fully saturated rings. The van der Waals surface area contributed by atoms with E-state index in [9.17, 15) is 14.4 Å². The molecule has 1 unspecified atom stereocenters. The molecule has 1 atom stereocenters. The van der Waals surface area contributed by atoms with Crippen molar-refractivity contribution in [3.63, 3.8) is 0 Å². The van der Waals surface area contributed by atoms with Crippen LogP contribution in [-0.2, 0) is 34.0 Å². The van der Waals surface area contributed by atoms with Crippen LogP contribution in [0, 0.1) is 0 Å². The van der Waals surface area contributed by atoms with Gasteiger partial charge in [-0.1, -0.05) is 18.2 Å². The summed E-state index contributed by atoms with van der Waals surface area (Å²) in [5.74, 6) is -2.42. The van der Waals surface area contributed by atoms with E-state index in [0.29, 0.717) is 11.3 Å². The lowest BCUT2D eigenvalue weighted by Crippen LogP contribution is -2.48. The van der Waals surface area contributed by atoms with Gasteiger partial charge in [0, 0.05) is 11.3 Å². The molecule has 0 amide bonds. The molecular weight excluding hydrogens is 376 g/mol. The van der Waals surface area contributed by atoms with E-state index in [1.165, 1.54) is 6.92 Å². The van der Waals surface area contributed by atoms with E-state index in [4.69, 9.17) is 19.9 Å². The van der Waals surface area contributed by atoms with Crippen molar-refractivity contribution in [2.75, 3.05) is 5.32 Å². The highest BCUT2D eigenvalue weighted by Gasteiger charge is 2.62. The fourth-order valence-electron chi connectivity index (χ4n) is 3.67. The van der Waals surface area contributed by atoms with Gasteiger partial charge in [0.1, 0.15) is 22.7 Å². The molecule has 2 aliphatic heterocycles. The highest BCUT2D eigenvalue weighted by molar-refractivity contribution is 6.16. The molecule has 1 aromatic carbocycles. The molecule has 2 aliphatic rings. The summed E-state index contributed by atoms with van der Waals surface area (Å²) in [6, 6.07) is 6.77. The van der Waals surface area contributed by atoms with E-state index in [1.807, 2.05) is 0 Å². The van der Waals surface area contributed by atoms with Gasteiger partial charge in [-0.3, -0.25) is 0 Å². The number of ether oxygens (including phenoxy) is 3. The van der Waals surface area contributed by atoms with Gasteiger partial charge in [-0.25, -0.2) is 14.4 Å². The molecule has 1 aromatic rings. The van der Waals surface area contributed by atoms with Crippen LogP contribution in [0.5, 0.6) is 0 Å². The van der Waals surface area contributed by atoms with Crippen molar-refractivity contribution in [3.8, 4) is 0 Å². The number of carbonyl (C=O) groups excluding carboxylic acids is 3. The summed E-state index contributed by atoms with van der Waals surface area (Å²) >= 11 is 0. The number of hydrogen-bond donors (Lipinski definition) is 2. The molecule has 1 spiro atoms. The van der Waals surface area contributed by atoms with Crippen molar-refractivity contribution in [1.82, 2.24) is 0 Å². The van der Waals surface area contributed by atoms with Crippen molar-refractivity contribution in [2.45, 2.75) is 52.2 Å². The summed E-state index contributed by atoms with van der Waals surface area (Å²) in [5, 5.41) is 2.92. The van der Waals surface area contributed by atoms with Crippen LogP contribution >= 0.6 is 0 Å². The summed E-state index contributed by atoms with van der Waals surface area (Å²) in [4.78, 5) is 39.4. The second kappa shape index (κ2) is 7.27. The maximum absolute atomic E-state index is 13.3. The third kappa shape index (κ3) is 3.14. The number of rotatable bonds is 4. The third-order valence-electron chi connectivity index (χ3n) is 4.62. The minimum atomic E-state index is -1.88. The fraction of sp³-hybridized carbons (Fsp3) is 0.381. The first-order valence-corrected chi connectivity index (χ1v) is 9.33. The first kappa shape index (κ1) is 20.4. The van der Waals surface area contributed by atoms with Crippen LogP contribution in [0.25, 0.3) is 0 Å². The first-order chi connectivity index (χ1) is 13.6. The normalized spacial score (nSPS) is 20.7. The summed E-state index contributed by atoms with van der Waals surface area (Å²) in [6.45, 7) is 8.20. The monoisotopic (exact) mass is 400 g/mol. The summed E-state index contributed by atoms with van der Waals surface area (Å²) < 4.78 is 16.1. The predicted octanol–water partition coefficient (Wildman–Crippen LogP) is 2.25. The van der Waals surface area contributed by atoms with Gasteiger partial charge in [0.05, 0.1) is 12.2 Å². The van der Waals surface area contributed by atoms with Crippen LogP contribution in [0.4, 0.5) is 5.69 Å². The number of nitrogens with one attached hydrogen (secondary N) is 1. The Labute approximate surface area is 168 Å². The fourth-order valence-corrected chi connectivity index (χ4v) is 3.67. The Hall–Kier alpha value is -3.29. The quantitative estimate of drug-likeness (QED) is 0.584. The Morgan fingerprint density at radius 3 is 2.17 bits per heavy atom. The van der Waals surface area contributed by atoms with Crippen LogP contribution < -0.4 is 11.1 Å². The molecule has 3 rings (SSSR count). The average Bonchev–Trinajstić information content (AvgIpc) is 2.84. The van der Waals surface area contributed by atoms with Gasteiger partial charge in [-0.15, -0.1) is 0 Å². The summed E-state index contributed by atoms with van der Waals surface area (Å²) in [7, 11) is 0. The molecule has 2 heterocycles. The Morgan fingerprint density at radius 1 is 1.03 bits per heavy atom. The zero-order chi connectivity index (χ0) is 21.5. The van der Waals surface area contributed by atoms with E-state index in [0.717, 1.165) is 0 Å². The minimum absolute atomic E-state index is 0.0556. The highest BCUT2D eigenvalue weighted by Crippen LogP contribution is 2.52. The van der Waals surface area contributed by atoms with Crippen molar-refractivity contribution >= 4 is 23.6 Å². The van der Waals surface area contributed by atoms with Crippen LogP contribution in [0.3, 0.4) is 0 Å². The Bertz CT molecular complexity index is 960. The molecule has 8 heteroatoms. The second-order valence-corrected chi connectivity index (χ2v) is 7.44. The maximum Gasteiger partial charge on any atom is 0.339 e. The number of para-hydroxylation sites is 1. The number of anilines is 1. The van der Waals surface area contributed by atoms with Crippen molar-refractivity contribution < 1.29 is 28.6 Å². The molecular formula is C21H24N2O6. The minimum Gasteiger partial charge on any atom is -0.459 e. The van der Waals surface area contributed by atoms with Crippen molar-refractivity contribution in [3.05, 3.63) is 52.6 Å². The smallest absolute Gasteiger partial charge is 0.339 e. The predicted molar refractivity (Wildman–Crippen MR) is 104 cm³/mol. The van der Waals surface area contributed by atoms with E-state index < -0.39 is 35.5 Å². The van der Waals surface area contributed by atoms with Crippen LogP contribution in [0.1, 0.15) is 40.2 Å². The first-order valence-electron chi connectivity index (χ1n) is 9.33. The maximum atomic E-state index is 13.3. The van der Waals surface area contributed by atoms with Crippen LogP contribution in [0.2, 0.25) is 0 Å². The number of allylic oxidation sites excluding steroid dienone is 1. The largest absolute Gasteiger partial charge is 0.459 e. The summed E-state index contributed by atoms with van der Waals surface area (Å²) in [6.07, 6.45) is -0.912. The molecule has 0 radical (unpaired) electrons.